The Morgan fingerprint density at radius 3 is 2.31 bits per heavy atom. The average Bonchev–Trinajstić information content (AvgIpc) is 2.63. The molecule has 0 aliphatic rings. The molecule has 0 unspecified atom stereocenters. The van der Waals surface area contributed by atoms with Crippen molar-refractivity contribution in [3.63, 3.8) is 0 Å². The smallest absolute Gasteiger partial charge is 0.315 e. The number of nitro groups is 1. The van der Waals surface area contributed by atoms with Crippen molar-refractivity contribution in [1.82, 2.24) is 0 Å². The van der Waals surface area contributed by atoms with Crippen LogP contribution in [0, 0.1) is 17.0 Å². The Morgan fingerprint density at radius 2 is 1.65 bits per heavy atom. The maximum Gasteiger partial charge on any atom is 0.315 e. The first-order valence-electron chi connectivity index (χ1n) is 7.79. The van der Waals surface area contributed by atoms with Crippen molar-refractivity contribution in [2.75, 3.05) is 0 Å². The summed E-state index contributed by atoms with van der Waals surface area (Å²) in [5, 5.41) is 30.6. The number of aromatic hydroxyl groups is 2. The maximum absolute atomic E-state index is 12.9. The van der Waals surface area contributed by atoms with E-state index in [1.54, 1.807) is 36.4 Å². The Bertz CT molecular complexity index is 1010. The van der Waals surface area contributed by atoms with Crippen LogP contribution in [0.3, 0.4) is 0 Å². The molecule has 0 saturated heterocycles. The fraction of sp³-hybridized carbons (Fsp3) is 0.0500. The first kappa shape index (κ1) is 17.2. The van der Waals surface area contributed by atoms with Crippen LogP contribution >= 0.6 is 0 Å². The van der Waals surface area contributed by atoms with E-state index in [9.17, 15) is 25.1 Å². The minimum absolute atomic E-state index is 0.240. The number of ketones is 1. The van der Waals surface area contributed by atoms with Gasteiger partial charge in [0.1, 0.15) is 0 Å². The largest absolute Gasteiger partial charge is 0.504 e. The van der Waals surface area contributed by atoms with Crippen molar-refractivity contribution < 1.29 is 19.9 Å². The first-order valence-corrected chi connectivity index (χ1v) is 7.79. The van der Waals surface area contributed by atoms with Crippen LogP contribution in [-0.4, -0.2) is 20.9 Å². The standard InChI is InChI=1S/C20H15NO5/c1-12-6-8-13(9-7-12)19(23)16-5-3-2-4-15(16)14-10-17(21(25)26)20(24)18(22)11-14/h2-11,22,24H,1H3. The predicted octanol–water partition coefficient (Wildman–Crippen LogP) is 4.21. The summed E-state index contributed by atoms with van der Waals surface area (Å²) in [6.45, 7) is 1.92. The van der Waals surface area contributed by atoms with Crippen molar-refractivity contribution in [1.29, 1.82) is 0 Å². The van der Waals surface area contributed by atoms with Gasteiger partial charge in [-0.05, 0) is 24.1 Å². The van der Waals surface area contributed by atoms with E-state index in [2.05, 4.69) is 0 Å². The highest BCUT2D eigenvalue weighted by atomic mass is 16.6. The van der Waals surface area contributed by atoms with E-state index < -0.39 is 22.1 Å². The molecule has 0 aromatic heterocycles. The number of aryl methyl sites for hydroxylation is 1. The molecular formula is C20H15NO5. The molecule has 0 atom stereocenters. The van der Waals surface area contributed by atoms with Crippen molar-refractivity contribution >= 4 is 11.5 Å². The van der Waals surface area contributed by atoms with Gasteiger partial charge in [-0.15, -0.1) is 0 Å². The van der Waals surface area contributed by atoms with Crippen LogP contribution in [0.2, 0.25) is 0 Å². The Balaban J connectivity index is 2.15. The van der Waals surface area contributed by atoms with Crippen molar-refractivity contribution in [2.24, 2.45) is 0 Å². The van der Waals surface area contributed by atoms with E-state index in [0.717, 1.165) is 11.6 Å². The van der Waals surface area contributed by atoms with Crippen LogP contribution in [0.4, 0.5) is 5.69 Å². The fourth-order valence-electron chi connectivity index (χ4n) is 2.69. The predicted molar refractivity (Wildman–Crippen MR) is 96.5 cm³/mol. The van der Waals surface area contributed by atoms with Gasteiger partial charge >= 0.3 is 5.69 Å². The zero-order valence-electron chi connectivity index (χ0n) is 13.8. The van der Waals surface area contributed by atoms with Gasteiger partial charge in [0.25, 0.3) is 0 Å². The molecule has 6 heteroatoms. The number of nitro benzene ring substituents is 1. The summed E-state index contributed by atoms with van der Waals surface area (Å²) >= 11 is 0. The molecule has 2 N–H and O–H groups in total. The number of benzene rings is 3. The molecule has 0 spiro atoms. The molecule has 3 aromatic rings. The second-order valence-electron chi connectivity index (χ2n) is 5.86. The zero-order chi connectivity index (χ0) is 18.8. The molecule has 0 aliphatic carbocycles. The molecule has 26 heavy (non-hydrogen) atoms. The molecule has 0 fully saturated rings. The van der Waals surface area contributed by atoms with Crippen LogP contribution in [0.15, 0.2) is 60.7 Å². The Morgan fingerprint density at radius 1 is 1.00 bits per heavy atom. The highest BCUT2D eigenvalue weighted by molar-refractivity contribution is 6.13. The van der Waals surface area contributed by atoms with Gasteiger partial charge in [0, 0.05) is 17.2 Å². The summed E-state index contributed by atoms with van der Waals surface area (Å²) in [4.78, 5) is 23.2. The zero-order valence-corrected chi connectivity index (χ0v) is 13.8. The van der Waals surface area contributed by atoms with E-state index in [4.69, 9.17) is 0 Å². The Hall–Kier alpha value is -3.67. The number of hydrogen-bond donors (Lipinski definition) is 2. The lowest BCUT2D eigenvalue weighted by molar-refractivity contribution is -0.385. The van der Waals surface area contributed by atoms with Crippen molar-refractivity contribution in [3.8, 4) is 22.6 Å². The molecule has 0 radical (unpaired) electrons. The molecule has 0 saturated carbocycles. The van der Waals surface area contributed by atoms with Gasteiger partial charge in [-0.3, -0.25) is 14.9 Å². The maximum atomic E-state index is 12.9. The number of hydrogen-bond acceptors (Lipinski definition) is 5. The van der Waals surface area contributed by atoms with E-state index in [1.165, 1.54) is 6.07 Å². The lowest BCUT2D eigenvalue weighted by atomic mass is 9.93. The molecule has 130 valence electrons. The molecule has 0 amide bonds. The molecular weight excluding hydrogens is 334 g/mol. The third kappa shape index (κ3) is 3.12. The number of rotatable bonds is 4. The third-order valence-corrected chi connectivity index (χ3v) is 4.06. The van der Waals surface area contributed by atoms with Crippen LogP contribution in [0.5, 0.6) is 11.5 Å². The second-order valence-corrected chi connectivity index (χ2v) is 5.86. The quantitative estimate of drug-likeness (QED) is 0.318. The molecule has 3 aromatic carbocycles. The Labute approximate surface area is 149 Å². The Kier molecular flexibility index (Phi) is 4.41. The van der Waals surface area contributed by atoms with Gasteiger partial charge in [0.05, 0.1) is 4.92 Å². The van der Waals surface area contributed by atoms with E-state index in [0.29, 0.717) is 16.7 Å². The van der Waals surface area contributed by atoms with Gasteiger partial charge < -0.3 is 10.2 Å². The molecule has 6 nitrogen and oxygen atoms in total. The molecule has 0 bridgehead atoms. The highest BCUT2D eigenvalue weighted by Gasteiger charge is 2.22. The minimum atomic E-state index is -0.805. The van der Waals surface area contributed by atoms with E-state index in [-0.39, 0.29) is 11.3 Å². The molecule has 0 heterocycles. The number of carbonyl (C=O) groups excluding carboxylic acids is 1. The van der Waals surface area contributed by atoms with Gasteiger partial charge in [-0.25, -0.2) is 0 Å². The first-order chi connectivity index (χ1) is 12.4. The molecule has 0 aliphatic heterocycles. The van der Waals surface area contributed by atoms with E-state index >= 15 is 0 Å². The number of carbonyl (C=O) groups is 1. The van der Waals surface area contributed by atoms with Gasteiger partial charge in [-0.1, -0.05) is 54.1 Å². The topological polar surface area (TPSA) is 101 Å². The summed E-state index contributed by atoms with van der Waals surface area (Å²) in [7, 11) is 0. The monoisotopic (exact) mass is 349 g/mol. The van der Waals surface area contributed by atoms with E-state index in [1.807, 2.05) is 19.1 Å². The number of phenols is 2. The van der Waals surface area contributed by atoms with Crippen LogP contribution < -0.4 is 0 Å². The lowest BCUT2D eigenvalue weighted by Gasteiger charge is -2.10. The SMILES string of the molecule is Cc1ccc(C(=O)c2ccccc2-c2cc(O)c(O)c([N+](=O)[O-])c2)cc1. The van der Waals surface area contributed by atoms with Crippen molar-refractivity contribution in [3.05, 3.63) is 87.5 Å². The summed E-state index contributed by atoms with van der Waals surface area (Å²) in [6.07, 6.45) is 0. The van der Waals surface area contributed by atoms with Crippen LogP contribution in [0.25, 0.3) is 11.1 Å². The summed E-state index contributed by atoms with van der Waals surface area (Å²) in [5.74, 6) is -1.66. The average molecular weight is 349 g/mol. The van der Waals surface area contributed by atoms with Gasteiger partial charge in [-0.2, -0.15) is 0 Å². The number of phenolic OH excluding ortho intramolecular Hbond substituents is 2. The number of nitrogens with zero attached hydrogens (tertiary/aromatic N) is 1. The normalized spacial score (nSPS) is 10.5. The summed E-state index contributed by atoms with van der Waals surface area (Å²) in [6, 6.07) is 16.1. The van der Waals surface area contributed by atoms with Crippen molar-refractivity contribution in [2.45, 2.75) is 6.92 Å². The fourth-order valence-corrected chi connectivity index (χ4v) is 2.69. The third-order valence-electron chi connectivity index (χ3n) is 4.06. The summed E-state index contributed by atoms with van der Waals surface area (Å²) < 4.78 is 0. The minimum Gasteiger partial charge on any atom is -0.504 e. The molecule has 3 rings (SSSR count). The lowest BCUT2D eigenvalue weighted by Crippen LogP contribution is -2.03. The van der Waals surface area contributed by atoms with Gasteiger partial charge in [0.15, 0.2) is 11.5 Å². The second kappa shape index (κ2) is 6.68. The van der Waals surface area contributed by atoms with Gasteiger partial charge in [0.2, 0.25) is 5.75 Å². The van der Waals surface area contributed by atoms with Crippen LogP contribution in [0.1, 0.15) is 21.5 Å². The highest BCUT2D eigenvalue weighted by Crippen LogP contribution is 2.40. The van der Waals surface area contributed by atoms with Crippen LogP contribution in [-0.2, 0) is 0 Å². The summed E-state index contributed by atoms with van der Waals surface area (Å²) in [5.41, 5.74) is 1.92.